The van der Waals surface area contributed by atoms with Crippen LogP contribution in [0.1, 0.15) is 27.0 Å². The molecular weight excluding hydrogens is 377 g/mol. The molecule has 0 fully saturated rings. The van der Waals surface area contributed by atoms with Crippen molar-refractivity contribution in [1.82, 2.24) is 0 Å². The van der Waals surface area contributed by atoms with Gasteiger partial charge in [-0.05, 0) is 71.8 Å². The molecule has 0 atom stereocenters. The number of carbonyl (C=O) groups excluding carboxylic acids is 1. The van der Waals surface area contributed by atoms with Gasteiger partial charge in [-0.2, -0.15) is 5.26 Å². The van der Waals surface area contributed by atoms with Gasteiger partial charge >= 0.3 is 0 Å². The summed E-state index contributed by atoms with van der Waals surface area (Å²) in [6, 6.07) is 13.0. The van der Waals surface area contributed by atoms with Crippen molar-refractivity contribution in [2.45, 2.75) is 13.8 Å². The normalized spacial score (nSPS) is 10.0. The molecule has 0 amide bonds. The molecule has 0 heterocycles. The first-order valence-corrected chi connectivity index (χ1v) is 7.52. The van der Waals surface area contributed by atoms with E-state index in [4.69, 9.17) is 10.00 Å². The number of carbonyl (C=O) groups is 1. The molecule has 21 heavy (non-hydrogen) atoms. The molecule has 0 aliphatic heterocycles. The number of halogens is 1. The Morgan fingerprint density at radius 3 is 2.29 bits per heavy atom. The summed E-state index contributed by atoms with van der Waals surface area (Å²) < 4.78 is 6.74. The molecule has 3 nitrogen and oxygen atoms in total. The molecule has 106 valence electrons. The van der Waals surface area contributed by atoms with Gasteiger partial charge in [0.2, 0.25) is 0 Å². The highest BCUT2D eigenvalue weighted by molar-refractivity contribution is 14.1. The molecule has 0 aliphatic rings. The van der Waals surface area contributed by atoms with Gasteiger partial charge in [0.25, 0.3) is 0 Å². The number of hydrogen-bond donors (Lipinski definition) is 0. The van der Waals surface area contributed by atoms with Crippen molar-refractivity contribution in [3.63, 3.8) is 0 Å². The predicted molar refractivity (Wildman–Crippen MR) is 89.6 cm³/mol. The highest BCUT2D eigenvalue weighted by Crippen LogP contribution is 2.24. The Balaban J connectivity index is 2.12. The van der Waals surface area contributed by atoms with Crippen molar-refractivity contribution in [2.75, 3.05) is 6.61 Å². The second kappa shape index (κ2) is 6.72. The van der Waals surface area contributed by atoms with Gasteiger partial charge in [0.05, 0.1) is 11.6 Å². The van der Waals surface area contributed by atoms with Crippen LogP contribution in [0.25, 0.3) is 0 Å². The lowest BCUT2D eigenvalue weighted by molar-refractivity contribution is 0.0920. The van der Waals surface area contributed by atoms with Crippen LogP contribution in [0, 0.1) is 28.7 Å². The molecule has 0 unspecified atom stereocenters. The maximum Gasteiger partial charge on any atom is 0.200 e. The van der Waals surface area contributed by atoms with E-state index in [0.717, 1.165) is 14.7 Å². The molecule has 0 N–H and O–H groups in total. The van der Waals surface area contributed by atoms with E-state index >= 15 is 0 Å². The average Bonchev–Trinajstić information content (AvgIpc) is 2.46. The molecular formula is C17H14INO2. The van der Waals surface area contributed by atoms with Crippen molar-refractivity contribution in [3.8, 4) is 11.8 Å². The summed E-state index contributed by atoms with van der Waals surface area (Å²) in [5.74, 6) is 0.613. The average molecular weight is 391 g/mol. The third-order valence-electron chi connectivity index (χ3n) is 3.10. The maximum atomic E-state index is 12.1. The highest BCUT2D eigenvalue weighted by atomic mass is 127. The molecule has 2 aromatic carbocycles. The molecule has 0 bridgehead atoms. The quantitative estimate of drug-likeness (QED) is 0.584. The molecule has 4 heteroatoms. The summed E-state index contributed by atoms with van der Waals surface area (Å²) in [6.45, 7) is 3.74. The van der Waals surface area contributed by atoms with Crippen LogP contribution >= 0.6 is 22.6 Å². The Bertz CT molecular complexity index is 692. The largest absolute Gasteiger partial charge is 0.485 e. The summed E-state index contributed by atoms with van der Waals surface area (Å²) in [5, 5.41) is 8.92. The predicted octanol–water partition coefficient (Wildman–Crippen LogP) is 4.04. The summed E-state index contributed by atoms with van der Waals surface area (Å²) in [5.41, 5.74) is 2.96. The lowest BCUT2D eigenvalue weighted by Crippen LogP contribution is -2.12. The first-order valence-electron chi connectivity index (χ1n) is 6.44. The lowest BCUT2D eigenvalue weighted by Gasteiger charge is -2.12. The van der Waals surface area contributed by atoms with E-state index in [1.165, 1.54) is 0 Å². The van der Waals surface area contributed by atoms with Crippen molar-refractivity contribution in [3.05, 3.63) is 62.2 Å². The minimum Gasteiger partial charge on any atom is -0.485 e. The zero-order valence-corrected chi connectivity index (χ0v) is 14.0. The van der Waals surface area contributed by atoms with Gasteiger partial charge < -0.3 is 4.74 Å². The molecule has 0 saturated carbocycles. The summed E-state index contributed by atoms with van der Waals surface area (Å²) >= 11 is 2.20. The fourth-order valence-corrected chi connectivity index (χ4v) is 2.46. The second-order valence-electron chi connectivity index (χ2n) is 4.77. The van der Waals surface area contributed by atoms with Crippen LogP contribution in [0.2, 0.25) is 0 Å². The first-order chi connectivity index (χ1) is 10.0. The zero-order valence-electron chi connectivity index (χ0n) is 11.8. The van der Waals surface area contributed by atoms with E-state index < -0.39 is 0 Å². The van der Waals surface area contributed by atoms with Crippen LogP contribution in [-0.4, -0.2) is 12.4 Å². The van der Waals surface area contributed by atoms with Crippen LogP contribution in [0.15, 0.2) is 36.4 Å². The van der Waals surface area contributed by atoms with Gasteiger partial charge in [-0.1, -0.05) is 12.1 Å². The van der Waals surface area contributed by atoms with E-state index in [1.54, 1.807) is 24.3 Å². The second-order valence-corrected chi connectivity index (χ2v) is 6.02. The monoisotopic (exact) mass is 391 g/mol. The van der Waals surface area contributed by atoms with Crippen LogP contribution in [-0.2, 0) is 0 Å². The number of nitrogens with zero attached hydrogens (tertiary/aromatic N) is 1. The van der Waals surface area contributed by atoms with Gasteiger partial charge in [-0.15, -0.1) is 0 Å². The Labute approximate surface area is 137 Å². The van der Waals surface area contributed by atoms with Gasteiger partial charge in [-0.25, -0.2) is 0 Å². The van der Waals surface area contributed by atoms with E-state index in [9.17, 15) is 4.79 Å². The number of Topliss-reactive ketones (excluding diaryl/α,β-unsaturated/α-hetero) is 1. The van der Waals surface area contributed by atoms with Crippen molar-refractivity contribution in [1.29, 1.82) is 5.26 Å². The highest BCUT2D eigenvalue weighted by Gasteiger charge is 2.10. The number of hydrogen-bond acceptors (Lipinski definition) is 3. The third-order valence-corrected chi connectivity index (χ3v) is 3.82. The van der Waals surface area contributed by atoms with E-state index in [-0.39, 0.29) is 12.4 Å². The first kappa shape index (κ1) is 15.5. The lowest BCUT2D eigenvalue weighted by atomic mass is 10.1. The number of benzene rings is 2. The molecule has 0 aromatic heterocycles. The summed E-state index contributed by atoms with van der Waals surface area (Å²) in [6.07, 6.45) is 0. The molecule has 0 saturated heterocycles. The van der Waals surface area contributed by atoms with Crippen LogP contribution in [0.4, 0.5) is 0 Å². The van der Waals surface area contributed by atoms with Crippen molar-refractivity contribution < 1.29 is 9.53 Å². The zero-order chi connectivity index (χ0) is 15.4. The van der Waals surface area contributed by atoms with Gasteiger partial charge in [-0.3, -0.25) is 4.79 Å². The Kier molecular flexibility index (Phi) is 4.97. The Morgan fingerprint density at radius 2 is 1.76 bits per heavy atom. The van der Waals surface area contributed by atoms with E-state index in [0.29, 0.717) is 16.9 Å². The molecule has 2 rings (SSSR count). The number of nitriles is 1. The third kappa shape index (κ3) is 3.82. The van der Waals surface area contributed by atoms with Crippen LogP contribution in [0.5, 0.6) is 5.75 Å². The SMILES string of the molecule is Cc1cc(C#N)cc(C)c1OCC(=O)c1ccc(I)cc1. The maximum absolute atomic E-state index is 12.1. The van der Waals surface area contributed by atoms with Crippen LogP contribution < -0.4 is 4.74 Å². The van der Waals surface area contributed by atoms with Gasteiger partial charge in [0.1, 0.15) is 5.75 Å². The minimum absolute atomic E-state index is 0.00578. The molecule has 0 spiro atoms. The van der Waals surface area contributed by atoms with Gasteiger partial charge in [0.15, 0.2) is 12.4 Å². The summed E-state index contributed by atoms with van der Waals surface area (Å²) in [4.78, 5) is 12.1. The number of aryl methyl sites for hydroxylation is 2. The topological polar surface area (TPSA) is 50.1 Å². The van der Waals surface area contributed by atoms with Crippen molar-refractivity contribution >= 4 is 28.4 Å². The van der Waals surface area contributed by atoms with E-state index in [2.05, 4.69) is 28.7 Å². The molecule has 0 aliphatic carbocycles. The van der Waals surface area contributed by atoms with E-state index in [1.807, 2.05) is 26.0 Å². The molecule has 0 radical (unpaired) electrons. The van der Waals surface area contributed by atoms with Crippen molar-refractivity contribution in [2.24, 2.45) is 0 Å². The fourth-order valence-electron chi connectivity index (χ4n) is 2.10. The number of ketones is 1. The van der Waals surface area contributed by atoms with Crippen LogP contribution in [0.3, 0.4) is 0 Å². The number of rotatable bonds is 4. The number of ether oxygens (including phenoxy) is 1. The molecule has 2 aromatic rings. The smallest absolute Gasteiger partial charge is 0.200 e. The Morgan fingerprint density at radius 1 is 1.19 bits per heavy atom. The fraction of sp³-hybridized carbons (Fsp3) is 0.176. The standard InChI is InChI=1S/C17H14INO2/c1-11-7-13(9-19)8-12(2)17(11)21-10-16(20)14-3-5-15(18)6-4-14/h3-8H,10H2,1-2H3. The Hall–Kier alpha value is -1.87. The van der Waals surface area contributed by atoms with Gasteiger partial charge in [0, 0.05) is 9.13 Å². The minimum atomic E-state index is -0.0606. The summed E-state index contributed by atoms with van der Waals surface area (Å²) in [7, 11) is 0.